The zero-order valence-electron chi connectivity index (χ0n) is 14.2. The molecule has 3 rings (SSSR count). The van der Waals surface area contributed by atoms with Gasteiger partial charge in [0.1, 0.15) is 5.01 Å². The predicted molar refractivity (Wildman–Crippen MR) is 94.2 cm³/mol. The number of anilines is 1. The number of rotatable bonds is 4. The highest BCUT2D eigenvalue weighted by Crippen LogP contribution is 2.25. The molecule has 1 amide bonds. The fourth-order valence-corrected chi connectivity index (χ4v) is 3.36. The highest BCUT2D eigenvalue weighted by molar-refractivity contribution is 7.13. The summed E-state index contributed by atoms with van der Waals surface area (Å²) < 4.78 is 5.73. The van der Waals surface area contributed by atoms with Gasteiger partial charge in [0.2, 0.25) is 5.01 Å². The van der Waals surface area contributed by atoms with Crippen LogP contribution < -0.4 is 5.32 Å². The van der Waals surface area contributed by atoms with Crippen molar-refractivity contribution >= 4 is 22.9 Å². The molecule has 0 unspecified atom stereocenters. The van der Waals surface area contributed by atoms with E-state index in [4.69, 9.17) is 4.74 Å². The molecule has 1 fully saturated rings. The van der Waals surface area contributed by atoms with Crippen LogP contribution in [-0.4, -0.2) is 45.8 Å². The van der Waals surface area contributed by atoms with Crippen LogP contribution >= 0.6 is 11.3 Å². The minimum atomic E-state index is -0.223. The van der Waals surface area contributed by atoms with E-state index < -0.39 is 0 Å². The average Bonchev–Trinajstić information content (AvgIpc) is 3.01. The van der Waals surface area contributed by atoms with Crippen LogP contribution in [-0.2, 0) is 11.3 Å². The average molecular weight is 346 g/mol. The highest BCUT2D eigenvalue weighted by atomic mass is 32.1. The van der Waals surface area contributed by atoms with Crippen molar-refractivity contribution in [3.63, 3.8) is 0 Å². The topological polar surface area (TPSA) is 67.4 Å². The summed E-state index contributed by atoms with van der Waals surface area (Å²) in [5.74, 6) is -0.223. The van der Waals surface area contributed by atoms with E-state index >= 15 is 0 Å². The lowest BCUT2D eigenvalue weighted by molar-refractivity contribution is -0.0950. The molecule has 1 atom stereocenters. The third-order valence-corrected chi connectivity index (χ3v) is 4.98. The monoisotopic (exact) mass is 346 g/mol. The normalized spacial score (nSPS) is 20.7. The van der Waals surface area contributed by atoms with E-state index in [0.29, 0.717) is 18.2 Å². The fraction of sp³-hybridized carbons (Fsp3) is 0.471. The fourth-order valence-electron chi connectivity index (χ4n) is 2.60. The number of benzene rings is 1. The number of para-hydroxylation sites is 1. The van der Waals surface area contributed by atoms with Crippen LogP contribution in [0.5, 0.6) is 0 Å². The summed E-state index contributed by atoms with van der Waals surface area (Å²) in [6.45, 7) is 8.59. The summed E-state index contributed by atoms with van der Waals surface area (Å²) in [6, 6.07) is 9.35. The van der Waals surface area contributed by atoms with Crippen LogP contribution in [0, 0.1) is 0 Å². The minimum Gasteiger partial charge on any atom is -0.375 e. The van der Waals surface area contributed by atoms with Gasteiger partial charge in [0.15, 0.2) is 0 Å². The van der Waals surface area contributed by atoms with Crippen LogP contribution in [0.1, 0.15) is 35.6 Å². The van der Waals surface area contributed by atoms with Crippen LogP contribution in [0.15, 0.2) is 30.3 Å². The third kappa shape index (κ3) is 3.98. The molecular formula is C17H22N4O2S. The number of carbonyl (C=O) groups excluding carboxylic acids is 1. The SMILES string of the molecule is C[C@@H]1CN(Cc2nnc(C(=O)Nc3ccccc3)s2)C(C)(C)CO1. The van der Waals surface area contributed by atoms with Crippen molar-refractivity contribution < 1.29 is 9.53 Å². The second-order valence-electron chi connectivity index (χ2n) is 6.64. The first kappa shape index (κ1) is 17.0. The first-order chi connectivity index (χ1) is 11.4. The smallest absolute Gasteiger partial charge is 0.286 e. The van der Waals surface area contributed by atoms with Gasteiger partial charge in [-0.2, -0.15) is 0 Å². The zero-order valence-corrected chi connectivity index (χ0v) is 15.0. The van der Waals surface area contributed by atoms with Gasteiger partial charge >= 0.3 is 0 Å². The van der Waals surface area contributed by atoms with Crippen LogP contribution in [0.25, 0.3) is 0 Å². The molecule has 0 bridgehead atoms. The first-order valence-electron chi connectivity index (χ1n) is 7.99. The summed E-state index contributed by atoms with van der Waals surface area (Å²) in [5.41, 5.74) is 0.701. The Hall–Kier alpha value is -1.83. The summed E-state index contributed by atoms with van der Waals surface area (Å²) in [7, 11) is 0. The molecule has 128 valence electrons. The molecule has 0 radical (unpaired) electrons. The molecule has 1 aliphatic heterocycles. The molecule has 0 aliphatic carbocycles. The second kappa shape index (κ2) is 6.96. The Bertz CT molecular complexity index is 702. The van der Waals surface area contributed by atoms with E-state index in [9.17, 15) is 4.79 Å². The van der Waals surface area contributed by atoms with Crippen molar-refractivity contribution in [2.45, 2.75) is 39.0 Å². The van der Waals surface area contributed by atoms with Crippen LogP contribution in [0.2, 0.25) is 0 Å². The second-order valence-corrected chi connectivity index (χ2v) is 7.70. The van der Waals surface area contributed by atoms with E-state index in [1.54, 1.807) is 0 Å². The maximum Gasteiger partial charge on any atom is 0.286 e. The number of hydrogen-bond donors (Lipinski definition) is 1. The van der Waals surface area contributed by atoms with Gasteiger partial charge in [-0.15, -0.1) is 10.2 Å². The lowest BCUT2D eigenvalue weighted by Gasteiger charge is -2.44. The largest absolute Gasteiger partial charge is 0.375 e. The lowest BCUT2D eigenvalue weighted by atomic mass is 10.0. The summed E-state index contributed by atoms with van der Waals surface area (Å²) >= 11 is 1.34. The Kier molecular flexibility index (Phi) is 4.93. The minimum absolute atomic E-state index is 0.0510. The van der Waals surface area contributed by atoms with E-state index in [2.05, 4.69) is 41.2 Å². The number of aromatic nitrogens is 2. The van der Waals surface area contributed by atoms with Gasteiger partial charge < -0.3 is 10.1 Å². The zero-order chi connectivity index (χ0) is 17.2. The van der Waals surface area contributed by atoms with Crippen molar-refractivity contribution in [3.05, 3.63) is 40.3 Å². The van der Waals surface area contributed by atoms with E-state index in [1.165, 1.54) is 11.3 Å². The van der Waals surface area contributed by atoms with Crippen LogP contribution in [0.4, 0.5) is 5.69 Å². The van der Waals surface area contributed by atoms with E-state index in [1.807, 2.05) is 30.3 Å². The number of carbonyl (C=O) groups is 1. The molecule has 24 heavy (non-hydrogen) atoms. The summed E-state index contributed by atoms with van der Waals surface area (Å²) in [4.78, 5) is 14.6. The summed E-state index contributed by atoms with van der Waals surface area (Å²) in [5, 5.41) is 12.3. The molecule has 1 aromatic carbocycles. The Morgan fingerprint density at radius 3 is 2.88 bits per heavy atom. The number of morpholine rings is 1. The van der Waals surface area contributed by atoms with Crippen molar-refractivity contribution in [3.8, 4) is 0 Å². The van der Waals surface area contributed by atoms with Crippen LogP contribution in [0.3, 0.4) is 0 Å². The Balaban J connectivity index is 1.66. The van der Waals surface area contributed by atoms with E-state index in [-0.39, 0.29) is 17.6 Å². The van der Waals surface area contributed by atoms with E-state index in [0.717, 1.165) is 17.2 Å². The number of hydrogen-bond acceptors (Lipinski definition) is 6. The van der Waals surface area contributed by atoms with Crippen molar-refractivity contribution in [1.82, 2.24) is 15.1 Å². The molecule has 1 N–H and O–H groups in total. The number of nitrogens with zero attached hydrogens (tertiary/aromatic N) is 3. The maximum atomic E-state index is 12.3. The highest BCUT2D eigenvalue weighted by Gasteiger charge is 2.34. The molecule has 2 aromatic rings. The molecule has 1 aliphatic rings. The Morgan fingerprint density at radius 1 is 1.38 bits per heavy atom. The molecular weight excluding hydrogens is 324 g/mol. The first-order valence-corrected chi connectivity index (χ1v) is 8.81. The number of nitrogens with one attached hydrogen (secondary N) is 1. The molecule has 7 heteroatoms. The molecule has 2 heterocycles. The molecule has 0 saturated carbocycles. The van der Waals surface area contributed by atoms with Gasteiger partial charge in [0.05, 0.1) is 19.3 Å². The lowest BCUT2D eigenvalue weighted by Crippen LogP contribution is -2.54. The Morgan fingerprint density at radius 2 is 2.12 bits per heavy atom. The van der Waals surface area contributed by atoms with Gasteiger partial charge in [-0.3, -0.25) is 9.69 Å². The van der Waals surface area contributed by atoms with Crippen molar-refractivity contribution in [2.24, 2.45) is 0 Å². The van der Waals surface area contributed by atoms with Gasteiger partial charge in [-0.25, -0.2) is 0 Å². The van der Waals surface area contributed by atoms with Crippen molar-refractivity contribution in [1.29, 1.82) is 0 Å². The molecule has 6 nitrogen and oxygen atoms in total. The summed E-state index contributed by atoms with van der Waals surface area (Å²) in [6.07, 6.45) is 0.201. The van der Waals surface area contributed by atoms with Gasteiger partial charge in [-0.1, -0.05) is 29.5 Å². The standard InChI is InChI=1S/C17H22N4O2S/c1-12-9-21(17(2,3)11-23-12)10-14-19-20-16(24-14)15(22)18-13-7-5-4-6-8-13/h4-8,12H,9-11H2,1-3H3,(H,18,22)/t12-/m1/s1. The van der Waals surface area contributed by atoms with Crippen molar-refractivity contribution in [2.75, 3.05) is 18.5 Å². The molecule has 1 aromatic heterocycles. The third-order valence-electron chi connectivity index (χ3n) is 4.07. The van der Waals surface area contributed by atoms with Gasteiger partial charge in [0, 0.05) is 17.8 Å². The number of amides is 1. The molecule has 0 spiro atoms. The molecule has 1 saturated heterocycles. The maximum absolute atomic E-state index is 12.3. The van der Waals surface area contributed by atoms with Gasteiger partial charge in [0.25, 0.3) is 5.91 Å². The van der Waals surface area contributed by atoms with Gasteiger partial charge in [-0.05, 0) is 32.9 Å². The quantitative estimate of drug-likeness (QED) is 0.922. The predicted octanol–water partition coefficient (Wildman–Crippen LogP) is 2.79. The Labute approximate surface area is 145 Å². The number of ether oxygens (including phenoxy) is 1.